The molecule has 0 radical (unpaired) electrons. The number of rotatable bonds is 4. The van der Waals surface area contributed by atoms with Gasteiger partial charge in [-0.25, -0.2) is 0 Å². The van der Waals surface area contributed by atoms with Crippen molar-refractivity contribution < 1.29 is 14.6 Å². The lowest BCUT2D eigenvalue weighted by Crippen LogP contribution is -2.20. The zero-order valence-electron chi connectivity index (χ0n) is 10.5. The summed E-state index contributed by atoms with van der Waals surface area (Å²) in [5.41, 5.74) is 1.50. The molecule has 2 aromatic rings. The highest BCUT2D eigenvalue weighted by Gasteiger charge is 2.04. The number of phenols is 1. The molecule has 0 saturated carbocycles. The molecule has 5 nitrogen and oxygen atoms in total. The number of phenolic OH excluding ortho intramolecular Hbond substituents is 1. The number of nitrogens with zero attached hydrogens (tertiary/aromatic N) is 1. The number of hydrogen-bond acceptors (Lipinski definition) is 4. The minimum Gasteiger partial charge on any atom is -0.508 e. The molecule has 1 amide bonds. The van der Waals surface area contributed by atoms with Gasteiger partial charge in [-0.3, -0.25) is 9.78 Å². The molecule has 98 valence electrons. The molecule has 2 rings (SSSR count). The van der Waals surface area contributed by atoms with E-state index in [9.17, 15) is 9.90 Å². The molecule has 0 atom stereocenters. The smallest absolute Gasteiger partial charge is 0.262 e. The zero-order valence-corrected chi connectivity index (χ0v) is 10.5. The van der Waals surface area contributed by atoms with E-state index in [0.717, 1.165) is 5.69 Å². The molecule has 5 heteroatoms. The van der Waals surface area contributed by atoms with Crippen LogP contribution in [0.15, 0.2) is 42.6 Å². The molecule has 0 aliphatic rings. The number of hydrogen-bond donors (Lipinski definition) is 2. The van der Waals surface area contributed by atoms with Crippen LogP contribution in [0.1, 0.15) is 5.69 Å². The van der Waals surface area contributed by atoms with Crippen LogP contribution in [0.2, 0.25) is 0 Å². The summed E-state index contributed by atoms with van der Waals surface area (Å²) < 4.78 is 5.26. The maximum absolute atomic E-state index is 11.7. The van der Waals surface area contributed by atoms with E-state index in [-0.39, 0.29) is 18.3 Å². The van der Waals surface area contributed by atoms with Crippen molar-refractivity contribution in [3.63, 3.8) is 0 Å². The number of pyridine rings is 1. The van der Waals surface area contributed by atoms with Gasteiger partial charge in [-0.05, 0) is 31.2 Å². The lowest BCUT2D eigenvalue weighted by Gasteiger charge is -2.08. The molecule has 2 N–H and O–H groups in total. The molecule has 0 unspecified atom stereocenters. The van der Waals surface area contributed by atoms with Crippen LogP contribution in [-0.4, -0.2) is 22.6 Å². The fourth-order valence-corrected chi connectivity index (χ4v) is 1.54. The van der Waals surface area contributed by atoms with E-state index in [1.54, 1.807) is 30.5 Å². The number of aromatic hydroxyl groups is 1. The molecule has 0 bridgehead atoms. The second-order valence-corrected chi connectivity index (χ2v) is 4.02. The Hall–Kier alpha value is -2.56. The van der Waals surface area contributed by atoms with E-state index in [0.29, 0.717) is 11.4 Å². The Morgan fingerprint density at radius 1 is 1.37 bits per heavy atom. The maximum Gasteiger partial charge on any atom is 0.262 e. The number of aryl methyl sites for hydroxylation is 1. The zero-order chi connectivity index (χ0) is 13.7. The van der Waals surface area contributed by atoms with Gasteiger partial charge in [0.05, 0.1) is 0 Å². The first-order chi connectivity index (χ1) is 9.13. The number of aromatic nitrogens is 1. The van der Waals surface area contributed by atoms with Crippen LogP contribution >= 0.6 is 0 Å². The van der Waals surface area contributed by atoms with Crippen LogP contribution in [0.4, 0.5) is 5.69 Å². The normalized spacial score (nSPS) is 9.95. The number of ether oxygens (including phenoxy) is 1. The Morgan fingerprint density at radius 3 is 2.95 bits per heavy atom. The highest BCUT2D eigenvalue weighted by Crippen LogP contribution is 2.17. The fraction of sp³-hybridized carbons (Fsp3) is 0.143. The molecule has 19 heavy (non-hydrogen) atoms. The summed E-state index contributed by atoms with van der Waals surface area (Å²) in [5, 5.41) is 12.0. The van der Waals surface area contributed by atoms with Gasteiger partial charge >= 0.3 is 0 Å². The number of carbonyl (C=O) groups excluding carboxylic acids is 1. The van der Waals surface area contributed by atoms with Gasteiger partial charge in [-0.1, -0.05) is 6.07 Å². The standard InChI is InChI=1S/C14H14N2O3/c1-10-7-11(5-6-15-10)16-14(18)9-19-13-4-2-3-12(17)8-13/h2-8,17H,9H2,1H3,(H,15,16,18). The fourth-order valence-electron chi connectivity index (χ4n) is 1.54. The van der Waals surface area contributed by atoms with Gasteiger partial charge in [0, 0.05) is 23.6 Å². The summed E-state index contributed by atoms with van der Waals surface area (Å²) in [6.45, 7) is 1.73. The predicted octanol–water partition coefficient (Wildman–Crippen LogP) is 2.11. The average molecular weight is 258 g/mol. The third-order valence-corrected chi connectivity index (χ3v) is 2.37. The quantitative estimate of drug-likeness (QED) is 0.881. The third-order valence-electron chi connectivity index (χ3n) is 2.37. The number of carbonyl (C=O) groups is 1. The molecule has 1 aromatic heterocycles. The van der Waals surface area contributed by atoms with Gasteiger partial charge in [0.2, 0.25) is 0 Å². The largest absolute Gasteiger partial charge is 0.508 e. The van der Waals surface area contributed by atoms with E-state index in [4.69, 9.17) is 4.74 Å². The molecule has 0 aliphatic carbocycles. The molecular formula is C14H14N2O3. The van der Waals surface area contributed by atoms with Crippen LogP contribution in [0.3, 0.4) is 0 Å². The molecule has 0 aliphatic heterocycles. The summed E-state index contributed by atoms with van der Waals surface area (Å²) in [7, 11) is 0. The van der Waals surface area contributed by atoms with E-state index in [2.05, 4.69) is 10.3 Å². The van der Waals surface area contributed by atoms with Crippen molar-refractivity contribution in [1.29, 1.82) is 0 Å². The predicted molar refractivity (Wildman–Crippen MR) is 71.2 cm³/mol. The van der Waals surface area contributed by atoms with Crippen molar-refractivity contribution in [3.05, 3.63) is 48.3 Å². The van der Waals surface area contributed by atoms with Crippen LogP contribution < -0.4 is 10.1 Å². The summed E-state index contributed by atoms with van der Waals surface area (Å²) in [6.07, 6.45) is 1.63. The van der Waals surface area contributed by atoms with Crippen molar-refractivity contribution in [2.45, 2.75) is 6.92 Å². The van der Waals surface area contributed by atoms with Crippen molar-refractivity contribution in [1.82, 2.24) is 4.98 Å². The minimum atomic E-state index is -0.269. The van der Waals surface area contributed by atoms with Crippen LogP contribution in [0.25, 0.3) is 0 Å². The van der Waals surface area contributed by atoms with Gasteiger partial charge in [-0.2, -0.15) is 0 Å². The molecule has 0 saturated heterocycles. The average Bonchev–Trinajstić information content (AvgIpc) is 2.36. The van der Waals surface area contributed by atoms with Gasteiger partial charge in [0.15, 0.2) is 6.61 Å². The van der Waals surface area contributed by atoms with Crippen LogP contribution in [-0.2, 0) is 4.79 Å². The van der Waals surface area contributed by atoms with Crippen molar-refractivity contribution in [2.24, 2.45) is 0 Å². The van der Waals surface area contributed by atoms with Gasteiger partial charge in [0.25, 0.3) is 5.91 Å². The third kappa shape index (κ3) is 3.99. The Balaban J connectivity index is 1.88. The Bertz CT molecular complexity index is 584. The topological polar surface area (TPSA) is 71.5 Å². The highest BCUT2D eigenvalue weighted by atomic mass is 16.5. The second-order valence-electron chi connectivity index (χ2n) is 4.02. The van der Waals surface area contributed by atoms with E-state index >= 15 is 0 Å². The highest BCUT2D eigenvalue weighted by molar-refractivity contribution is 5.91. The van der Waals surface area contributed by atoms with E-state index in [1.807, 2.05) is 6.92 Å². The van der Waals surface area contributed by atoms with Crippen LogP contribution in [0, 0.1) is 6.92 Å². The first-order valence-electron chi connectivity index (χ1n) is 5.78. The summed E-state index contributed by atoms with van der Waals surface area (Å²) >= 11 is 0. The van der Waals surface area contributed by atoms with Gasteiger partial charge < -0.3 is 15.2 Å². The van der Waals surface area contributed by atoms with Gasteiger partial charge in [-0.15, -0.1) is 0 Å². The first-order valence-corrected chi connectivity index (χ1v) is 5.78. The van der Waals surface area contributed by atoms with Crippen LogP contribution in [0.5, 0.6) is 11.5 Å². The van der Waals surface area contributed by atoms with E-state index in [1.165, 1.54) is 12.1 Å². The second kappa shape index (κ2) is 5.86. The molecular weight excluding hydrogens is 244 g/mol. The monoisotopic (exact) mass is 258 g/mol. The Morgan fingerprint density at radius 2 is 2.21 bits per heavy atom. The minimum absolute atomic E-state index is 0.0997. The maximum atomic E-state index is 11.7. The molecule has 0 fully saturated rings. The first kappa shape index (κ1) is 12.9. The lowest BCUT2D eigenvalue weighted by atomic mass is 10.3. The van der Waals surface area contributed by atoms with Crippen molar-refractivity contribution >= 4 is 11.6 Å². The molecule has 0 spiro atoms. The van der Waals surface area contributed by atoms with E-state index < -0.39 is 0 Å². The van der Waals surface area contributed by atoms with Crippen molar-refractivity contribution in [3.8, 4) is 11.5 Å². The van der Waals surface area contributed by atoms with Gasteiger partial charge in [0.1, 0.15) is 11.5 Å². The lowest BCUT2D eigenvalue weighted by molar-refractivity contribution is -0.118. The number of amides is 1. The summed E-state index contributed by atoms with van der Waals surface area (Å²) in [5.74, 6) is 0.276. The number of anilines is 1. The molecule has 1 heterocycles. The SMILES string of the molecule is Cc1cc(NC(=O)COc2cccc(O)c2)ccn1. The number of benzene rings is 1. The summed E-state index contributed by atoms with van der Waals surface area (Å²) in [4.78, 5) is 15.7. The van der Waals surface area contributed by atoms with Crippen molar-refractivity contribution in [2.75, 3.05) is 11.9 Å². The Kier molecular flexibility index (Phi) is 3.97. The number of nitrogens with one attached hydrogen (secondary N) is 1. The Labute approximate surface area is 110 Å². The molecule has 1 aromatic carbocycles. The summed E-state index contributed by atoms with van der Waals surface area (Å²) in [6, 6.07) is 9.78.